The molecule has 26 heavy (non-hydrogen) atoms. The van der Waals surface area contributed by atoms with Gasteiger partial charge in [-0.15, -0.1) is 22.0 Å². The average molecular weight is 391 g/mol. The van der Waals surface area contributed by atoms with E-state index in [1.165, 1.54) is 11.3 Å². The maximum atomic E-state index is 12.0. The maximum Gasteiger partial charge on any atom is 0.351 e. The number of hydrazine groups is 2. The molecule has 8 nitrogen and oxygen atoms in total. The number of fused-ring (bicyclic) bond motifs is 3. The molecule has 2 aliphatic rings. The van der Waals surface area contributed by atoms with Gasteiger partial charge in [-0.2, -0.15) is 0 Å². The minimum atomic E-state index is -1.92. The number of aliphatic imine (C=N–C) groups is 1. The third-order valence-corrected chi connectivity index (χ3v) is 5.29. The van der Waals surface area contributed by atoms with Gasteiger partial charge in [0, 0.05) is 16.1 Å². The fraction of sp³-hybridized carbons (Fsp3) is 0.188. The second kappa shape index (κ2) is 6.06. The summed E-state index contributed by atoms with van der Waals surface area (Å²) < 4.78 is 0. The molecule has 0 bridgehead atoms. The van der Waals surface area contributed by atoms with E-state index in [2.05, 4.69) is 15.6 Å². The first-order valence-electron chi connectivity index (χ1n) is 7.83. The number of hydrogen-bond acceptors (Lipinski definition) is 8. The van der Waals surface area contributed by atoms with E-state index in [1.807, 2.05) is 6.92 Å². The van der Waals surface area contributed by atoms with Gasteiger partial charge < -0.3 is 5.11 Å². The van der Waals surface area contributed by atoms with Crippen LogP contribution >= 0.6 is 22.9 Å². The zero-order valence-corrected chi connectivity index (χ0v) is 15.3. The minimum Gasteiger partial charge on any atom is -0.478 e. The van der Waals surface area contributed by atoms with Crippen molar-refractivity contribution >= 4 is 45.5 Å². The Morgan fingerprint density at radius 3 is 2.77 bits per heavy atom. The Morgan fingerprint density at radius 1 is 1.38 bits per heavy atom. The van der Waals surface area contributed by atoms with Crippen LogP contribution in [-0.2, 0) is 10.5 Å². The van der Waals surface area contributed by atoms with E-state index < -0.39 is 11.6 Å². The third kappa shape index (κ3) is 2.48. The molecule has 3 heterocycles. The number of amidine groups is 1. The smallest absolute Gasteiger partial charge is 0.351 e. The predicted molar refractivity (Wildman–Crippen MR) is 101 cm³/mol. The summed E-state index contributed by atoms with van der Waals surface area (Å²) in [7, 11) is 0. The molecule has 0 radical (unpaired) electrons. The van der Waals surface area contributed by atoms with E-state index in [-0.39, 0.29) is 0 Å². The van der Waals surface area contributed by atoms with Crippen molar-refractivity contribution in [3.63, 3.8) is 0 Å². The molecule has 0 saturated heterocycles. The van der Waals surface area contributed by atoms with Gasteiger partial charge in [0.2, 0.25) is 5.66 Å². The van der Waals surface area contributed by atoms with Gasteiger partial charge in [-0.05, 0) is 30.5 Å². The summed E-state index contributed by atoms with van der Waals surface area (Å²) in [6.07, 6.45) is 0. The SMILES string of the molecule is CCN1N=C2C(c3ccc(Cl)cc3)=NC(N)(C(=O)O)c3ccsc3N2N1. The highest BCUT2D eigenvalue weighted by atomic mass is 35.5. The van der Waals surface area contributed by atoms with Crippen LogP contribution in [0.25, 0.3) is 0 Å². The van der Waals surface area contributed by atoms with Crippen LogP contribution in [0.1, 0.15) is 18.1 Å². The third-order valence-electron chi connectivity index (χ3n) is 4.14. The average Bonchev–Trinajstić information content (AvgIpc) is 3.25. The Morgan fingerprint density at radius 2 is 2.12 bits per heavy atom. The lowest BCUT2D eigenvalue weighted by molar-refractivity contribution is -0.143. The van der Waals surface area contributed by atoms with E-state index in [0.29, 0.717) is 39.2 Å². The summed E-state index contributed by atoms with van der Waals surface area (Å²) in [6.45, 7) is 2.56. The lowest BCUT2D eigenvalue weighted by Gasteiger charge is -2.22. The highest BCUT2D eigenvalue weighted by Gasteiger charge is 2.46. The summed E-state index contributed by atoms with van der Waals surface area (Å²) in [5.41, 5.74) is 8.91. The molecule has 2 aliphatic heterocycles. The first kappa shape index (κ1) is 17.0. The molecule has 1 aromatic carbocycles. The van der Waals surface area contributed by atoms with Crippen molar-refractivity contribution in [2.45, 2.75) is 12.6 Å². The Hall–Kier alpha value is -2.46. The van der Waals surface area contributed by atoms with E-state index >= 15 is 0 Å². The highest BCUT2D eigenvalue weighted by molar-refractivity contribution is 7.14. The van der Waals surface area contributed by atoms with E-state index in [9.17, 15) is 9.90 Å². The Balaban J connectivity index is 1.98. The Kier molecular flexibility index (Phi) is 3.96. The zero-order chi connectivity index (χ0) is 18.5. The molecule has 4 rings (SSSR count). The molecule has 0 saturated carbocycles. The second-order valence-corrected chi connectivity index (χ2v) is 7.08. The number of nitrogens with one attached hydrogen (secondary N) is 1. The van der Waals surface area contributed by atoms with Gasteiger partial charge in [0.05, 0.1) is 6.54 Å². The number of anilines is 1. The number of hydrazone groups is 1. The van der Waals surface area contributed by atoms with Crippen molar-refractivity contribution in [3.05, 3.63) is 51.9 Å². The Labute approximate surface area is 158 Å². The fourth-order valence-electron chi connectivity index (χ4n) is 2.80. The molecule has 2 aromatic rings. The molecule has 0 spiro atoms. The van der Waals surface area contributed by atoms with Crippen molar-refractivity contribution in [2.75, 3.05) is 11.6 Å². The zero-order valence-electron chi connectivity index (χ0n) is 13.7. The normalized spacial score (nSPS) is 21.7. The molecule has 4 N–H and O–H groups in total. The van der Waals surface area contributed by atoms with E-state index in [4.69, 9.17) is 17.3 Å². The lowest BCUT2D eigenvalue weighted by atomic mass is 10.0. The number of benzene rings is 1. The molecule has 134 valence electrons. The van der Waals surface area contributed by atoms with Crippen molar-refractivity contribution in [1.82, 2.24) is 10.7 Å². The van der Waals surface area contributed by atoms with Crippen molar-refractivity contribution < 1.29 is 9.90 Å². The van der Waals surface area contributed by atoms with Crippen LogP contribution in [0, 0.1) is 0 Å². The van der Waals surface area contributed by atoms with Crippen molar-refractivity contribution in [2.24, 2.45) is 15.8 Å². The summed E-state index contributed by atoms with van der Waals surface area (Å²) in [5.74, 6) is -0.760. The summed E-state index contributed by atoms with van der Waals surface area (Å²) >= 11 is 7.35. The summed E-state index contributed by atoms with van der Waals surface area (Å²) in [4.78, 5) is 16.5. The second-order valence-electron chi connectivity index (χ2n) is 5.75. The number of nitrogens with zero attached hydrogens (tertiary/aromatic N) is 4. The number of rotatable bonds is 3. The lowest BCUT2D eigenvalue weighted by Crippen LogP contribution is -2.45. The Bertz CT molecular complexity index is 940. The number of carboxylic acid groups (broad SMARTS) is 1. The van der Waals surface area contributed by atoms with E-state index in [1.54, 1.807) is 45.8 Å². The van der Waals surface area contributed by atoms with Gasteiger partial charge in [-0.3, -0.25) is 5.73 Å². The monoisotopic (exact) mass is 390 g/mol. The summed E-state index contributed by atoms with van der Waals surface area (Å²) in [6, 6.07) is 8.63. The van der Waals surface area contributed by atoms with Gasteiger partial charge in [-0.25, -0.2) is 19.9 Å². The highest BCUT2D eigenvalue weighted by Crippen LogP contribution is 2.39. The molecule has 1 unspecified atom stereocenters. The number of aliphatic carboxylic acids is 1. The van der Waals surface area contributed by atoms with Crippen LogP contribution < -0.4 is 16.3 Å². The van der Waals surface area contributed by atoms with E-state index in [0.717, 1.165) is 0 Å². The molecule has 0 aliphatic carbocycles. The fourth-order valence-corrected chi connectivity index (χ4v) is 3.84. The standard InChI is InChI=1S/C16H15ClN6O2S/c1-2-22-20-13-12(9-3-5-10(17)6-4-9)19-16(18,15(24)25)11-7-8-26-14(11)23(13)21-22/h3-8,21H,2,18H2,1H3,(H,24,25). The predicted octanol–water partition coefficient (Wildman–Crippen LogP) is 1.98. The van der Waals surface area contributed by atoms with Gasteiger partial charge in [0.25, 0.3) is 0 Å². The van der Waals surface area contributed by atoms with Gasteiger partial charge in [0.1, 0.15) is 10.7 Å². The molecular formula is C16H15ClN6O2S. The van der Waals surface area contributed by atoms with Crippen molar-refractivity contribution in [1.29, 1.82) is 0 Å². The summed E-state index contributed by atoms with van der Waals surface area (Å²) in [5, 5.41) is 20.7. The van der Waals surface area contributed by atoms with Crippen LogP contribution in [0.3, 0.4) is 0 Å². The van der Waals surface area contributed by atoms with Crippen LogP contribution in [0.15, 0.2) is 45.8 Å². The number of nitrogens with two attached hydrogens (primary N) is 1. The first-order chi connectivity index (χ1) is 12.4. The van der Waals surface area contributed by atoms with Gasteiger partial charge in [-0.1, -0.05) is 23.7 Å². The largest absolute Gasteiger partial charge is 0.478 e. The molecule has 1 atom stereocenters. The molecule has 0 amide bonds. The number of carbonyl (C=O) groups is 1. The van der Waals surface area contributed by atoms with Crippen molar-refractivity contribution in [3.8, 4) is 0 Å². The van der Waals surface area contributed by atoms with Gasteiger partial charge >= 0.3 is 5.97 Å². The van der Waals surface area contributed by atoms with Gasteiger partial charge in [0.15, 0.2) is 5.84 Å². The van der Waals surface area contributed by atoms with Crippen LogP contribution in [0.4, 0.5) is 5.00 Å². The number of hydrogen-bond donors (Lipinski definition) is 3. The molecular weight excluding hydrogens is 376 g/mol. The molecule has 10 heteroatoms. The first-order valence-corrected chi connectivity index (χ1v) is 9.08. The number of halogens is 1. The van der Waals surface area contributed by atoms with Crippen LogP contribution in [-0.4, -0.2) is 34.3 Å². The number of carboxylic acids is 1. The minimum absolute atomic E-state index is 0.374. The van der Waals surface area contributed by atoms with Crippen LogP contribution in [0.2, 0.25) is 5.02 Å². The molecule has 1 aromatic heterocycles. The quantitative estimate of drug-likeness (QED) is 0.739. The van der Waals surface area contributed by atoms with Crippen LogP contribution in [0.5, 0.6) is 0 Å². The number of thiophene rings is 1. The molecule has 0 fully saturated rings. The topological polar surface area (TPSA) is 107 Å². The maximum absolute atomic E-state index is 12.0.